The van der Waals surface area contributed by atoms with Gasteiger partial charge in [0.25, 0.3) is 0 Å². The fraction of sp³-hybridized carbons (Fsp3) is 0.786. The smallest absolute Gasteiger partial charge is 0.236 e. The molecule has 0 aromatic heterocycles. The van der Waals surface area contributed by atoms with Gasteiger partial charge in [-0.15, -0.1) is 0 Å². The minimum Gasteiger partial charge on any atom is -0.381 e. The first-order chi connectivity index (χ1) is 9.70. The summed E-state index contributed by atoms with van der Waals surface area (Å²) in [6, 6.07) is 1.87. The van der Waals surface area contributed by atoms with E-state index in [0.717, 1.165) is 26.1 Å². The molecule has 0 aliphatic carbocycles. The molecule has 2 aliphatic heterocycles. The molecule has 0 bridgehead atoms. The second-order valence-electron chi connectivity index (χ2n) is 5.36. The molecule has 2 heterocycles. The van der Waals surface area contributed by atoms with Crippen molar-refractivity contribution < 1.29 is 14.3 Å². The van der Waals surface area contributed by atoms with E-state index in [2.05, 4.69) is 0 Å². The normalized spacial score (nSPS) is 20.6. The van der Waals surface area contributed by atoms with Crippen LogP contribution in [0.2, 0.25) is 0 Å². The van der Waals surface area contributed by atoms with Crippen LogP contribution in [0, 0.1) is 17.2 Å². The number of amides is 2. The summed E-state index contributed by atoms with van der Waals surface area (Å²) in [6.45, 7) is 3.77. The van der Waals surface area contributed by atoms with Crippen LogP contribution in [-0.4, -0.2) is 61.0 Å². The number of rotatable bonds is 3. The molecule has 2 rings (SSSR count). The topological polar surface area (TPSA) is 73.6 Å². The first-order valence-corrected chi connectivity index (χ1v) is 7.21. The number of hydrogen-bond acceptors (Lipinski definition) is 4. The average molecular weight is 279 g/mol. The Hall–Kier alpha value is -1.61. The zero-order valence-electron chi connectivity index (χ0n) is 11.7. The predicted molar refractivity (Wildman–Crippen MR) is 71.6 cm³/mol. The van der Waals surface area contributed by atoms with Crippen molar-refractivity contribution in [3.05, 3.63) is 0 Å². The molecule has 6 nitrogen and oxygen atoms in total. The van der Waals surface area contributed by atoms with E-state index in [1.54, 1.807) is 4.90 Å². The molecule has 2 amide bonds. The van der Waals surface area contributed by atoms with Crippen molar-refractivity contribution in [3.8, 4) is 6.07 Å². The van der Waals surface area contributed by atoms with Gasteiger partial charge in [0, 0.05) is 45.8 Å². The van der Waals surface area contributed by atoms with Crippen molar-refractivity contribution in [2.24, 2.45) is 5.92 Å². The molecule has 0 atom stereocenters. The van der Waals surface area contributed by atoms with Crippen LogP contribution < -0.4 is 0 Å². The number of nitrogens with zero attached hydrogens (tertiary/aromatic N) is 3. The second-order valence-corrected chi connectivity index (χ2v) is 5.36. The van der Waals surface area contributed by atoms with E-state index in [4.69, 9.17) is 10.00 Å². The van der Waals surface area contributed by atoms with Crippen molar-refractivity contribution in [1.29, 1.82) is 5.26 Å². The van der Waals surface area contributed by atoms with E-state index in [1.165, 1.54) is 0 Å². The summed E-state index contributed by atoms with van der Waals surface area (Å²) < 4.78 is 5.29. The van der Waals surface area contributed by atoms with E-state index in [0.29, 0.717) is 38.5 Å². The zero-order chi connectivity index (χ0) is 14.4. The summed E-state index contributed by atoms with van der Waals surface area (Å²) in [5.74, 6) is 0.489. The standard InChI is InChI=1S/C14H21N3O3/c15-4-1-13(18)16-5-7-17(8-6-16)14(19)11-12-2-9-20-10-3-12/h12H,1-3,5-11H2. The number of carbonyl (C=O) groups excluding carboxylic acids is 2. The molecule has 0 spiro atoms. The van der Waals surface area contributed by atoms with E-state index < -0.39 is 0 Å². The van der Waals surface area contributed by atoms with Gasteiger partial charge in [-0.1, -0.05) is 0 Å². The van der Waals surface area contributed by atoms with E-state index in [9.17, 15) is 9.59 Å². The summed E-state index contributed by atoms with van der Waals surface area (Å²) in [7, 11) is 0. The fourth-order valence-electron chi connectivity index (χ4n) is 2.71. The molecular formula is C14H21N3O3. The number of ether oxygens (including phenoxy) is 1. The van der Waals surface area contributed by atoms with Gasteiger partial charge in [-0.3, -0.25) is 9.59 Å². The van der Waals surface area contributed by atoms with Gasteiger partial charge >= 0.3 is 0 Å². The van der Waals surface area contributed by atoms with Gasteiger partial charge in [0.2, 0.25) is 11.8 Å². The molecule has 0 unspecified atom stereocenters. The number of piperazine rings is 1. The molecule has 2 fully saturated rings. The van der Waals surface area contributed by atoms with Gasteiger partial charge in [-0.25, -0.2) is 0 Å². The van der Waals surface area contributed by atoms with E-state index in [1.807, 2.05) is 11.0 Å². The quantitative estimate of drug-likeness (QED) is 0.749. The summed E-state index contributed by atoms with van der Waals surface area (Å²) in [5.41, 5.74) is 0. The lowest BCUT2D eigenvalue weighted by Crippen LogP contribution is -2.50. The van der Waals surface area contributed by atoms with Crippen LogP contribution in [0.3, 0.4) is 0 Å². The Morgan fingerprint density at radius 2 is 1.60 bits per heavy atom. The van der Waals surface area contributed by atoms with Crippen LogP contribution in [0.4, 0.5) is 0 Å². The van der Waals surface area contributed by atoms with Gasteiger partial charge in [0.05, 0.1) is 6.07 Å². The number of carbonyl (C=O) groups is 2. The van der Waals surface area contributed by atoms with Crippen LogP contribution in [0.1, 0.15) is 25.7 Å². The highest BCUT2D eigenvalue weighted by Crippen LogP contribution is 2.20. The Balaban J connectivity index is 1.74. The Morgan fingerprint density at radius 3 is 2.15 bits per heavy atom. The molecule has 0 N–H and O–H groups in total. The molecule has 0 saturated carbocycles. The van der Waals surface area contributed by atoms with Gasteiger partial charge in [-0.2, -0.15) is 5.26 Å². The third kappa shape index (κ3) is 3.94. The van der Waals surface area contributed by atoms with Gasteiger partial charge in [-0.05, 0) is 18.8 Å². The van der Waals surface area contributed by atoms with Gasteiger partial charge < -0.3 is 14.5 Å². The summed E-state index contributed by atoms with van der Waals surface area (Å²) in [4.78, 5) is 27.3. The lowest BCUT2D eigenvalue weighted by Gasteiger charge is -2.35. The monoisotopic (exact) mass is 279 g/mol. The lowest BCUT2D eigenvalue weighted by molar-refractivity contribution is -0.140. The molecule has 0 aromatic rings. The van der Waals surface area contributed by atoms with Crippen molar-refractivity contribution in [3.63, 3.8) is 0 Å². The minimum atomic E-state index is -0.135. The number of hydrogen-bond donors (Lipinski definition) is 0. The minimum absolute atomic E-state index is 0.0734. The van der Waals surface area contributed by atoms with Crippen LogP contribution in [0.5, 0.6) is 0 Å². The second kappa shape index (κ2) is 7.25. The summed E-state index contributed by atoms with van der Waals surface area (Å²) in [6.07, 6.45) is 2.45. The molecule has 0 aromatic carbocycles. The van der Waals surface area contributed by atoms with Crippen molar-refractivity contribution in [2.75, 3.05) is 39.4 Å². The van der Waals surface area contributed by atoms with E-state index >= 15 is 0 Å². The lowest BCUT2D eigenvalue weighted by atomic mass is 9.96. The average Bonchev–Trinajstić information content (AvgIpc) is 2.48. The molecule has 0 radical (unpaired) electrons. The Kier molecular flexibility index (Phi) is 5.36. The maximum atomic E-state index is 12.2. The van der Waals surface area contributed by atoms with Crippen molar-refractivity contribution in [1.82, 2.24) is 9.80 Å². The SMILES string of the molecule is N#CCC(=O)N1CCN(C(=O)CC2CCOCC2)CC1. The first-order valence-electron chi connectivity index (χ1n) is 7.21. The third-order valence-corrected chi connectivity index (χ3v) is 4.02. The van der Waals surface area contributed by atoms with Gasteiger partial charge in [0.1, 0.15) is 6.42 Å². The summed E-state index contributed by atoms with van der Waals surface area (Å²) in [5, 5.41) is 8.52. The molecule has 20 heavy (non-hydrogen) atoms. The number of nitriles is 1. The highest BCUT2D eigenvalue weighted by atomic mass is 16.5. The molecule has 6 heteroatoms. The van der Waals surface area contributed by atoms with Crippen LogP contribution in [0.25, 0.3) is 0 Å². The highest BCUT2D eigenvalue weighted by molar-refractivity contribution is 5.79. The maximum Gasteiger partial charge on any atom is 0.236 e. The highest BCUT2D eigenvalue weighted by Gasteiger charge is 2.26. The van der Waals surface area contributed by atoms with Crippen LogP contribution in [0.15, 0.2) is 0 Å². The Morgan fingerprint density at radius 1 is 1.05 bits per heavy atom. The summed E-state index contributed by atoms with van der Waals surface area (Å²) >= 11 is 0. The predicted octanol–water partition coefficient (Wildman–Crippen LogP) is 0.388. The van der Waals surface area contributed by atoms with Crippen LogP contribution >= 0.6 is 0 Å². The van der Waals surface area contributed by atoms with Crippen molar-refractivity contribution in [2.45, 2.75) is 25.7 Å². The molecule has 2 aliphatic rings. The Bertz CT molecular complexity index is 391. The fourth-order valence-corrected chi connectivity index (χ4v) is 2.71. The Labute approximate surface area is 119 Å². The van der Waals surface area contributed by atoms with E-state index in [-0.39, 0.29) is 18.2 Å². The molecular weight excluding hydrogens is 258 g/mol. The maximum absolute atomic E-state index is 12.2. The molecule has 110 valence electrons. The largest absolute Gasteiger partial charge is 0.381 e. The third-order valence-electron chi connectivity index (χ3n) is 4.02. The van der Waals surface area contributed by atoms with Crippen molar-refractivity contribution >= 4 is 11.8 Å². The first kappa shape index (κ1) is 14.8. The van der Waals surface area contributed by atoms with Crippen LogP contribution in [-0.2, 0) is 14.3 Å². The molecule has 2 saturated heterocycles. The zero-order valence-corrected chi connectivity index (χ0v) is 11.7. The van der Waals surface area contributed by atoms with Gasteiger partial charge in [0.15, 0.2) is 0 Å².